The van der Waals surface area contributed by atoms with Crippen LogP contribution in [0.15, 0.2) is 60.8 Å². The summed E-state index contributed by atoms with van der Waals surface area (Å²) in [6.07, 6.45) is 2.19. The van der Waals surface area contributed by atoms with Crippen molar-refractivity contribution in [2.45, 2.75) is 20.3 Å². The molecule has 0 N–H and O–H groups in total. The first kappa shape index (κ1) is 16.7. The lowest BCUT2D eigenvalue weighted by molar-refractivity contribution is 0.627. The predicted molar refractivity (Wildman–Crippen MR) is 94.6 cm³/mol. The molecule has 2 aromatic heterocycles. The fourth-order valence-corrected chi connectivity index (χ4v) is 2.37. The van der Waals surface area contributed by atoms with E-state index in [2.05, 4.69) is 20.3 Å². The van der Waals surface area contributed by atoms with Crippen molar-refractivity contribution in [3.05, 3.63) is 78.0 Å². The maximum atomic E-state index is 13.0. The summed E-state index contributed by atoms with van der Waals surface area (Å²) in [5.74, 6) is 0.852. The van der Waals surface area contributed by atoms with Gasteiger partial charge in [0.1, 0.15) is 11.5 Å². The molecule has 2 aromatic carbocycles. The van der Waals surface area contributed by atoms with Crippen molar-refractivity contribution < 1.29 is 4.39 Å². The average molecular weight is 335 g/mol. The van der Waals surface area contributed by atoms with Gasteiger partial charge in [-0.25, -0.2) is 9.37 Å². The van der Waals surface area contributed by atoms with Crippen LogP contribution in [0.1, 0.15) is 25.2 Å². The van der Waals surface area contributed by atoms with Crippen molar-refractivity contribution in [1.29, 1.82) is 0 Å². The maximum absolute atomic E-state index is 13.0. The molecule has 2 heterocycles. The predicted octanol–water partition coefficient (Wildman–Crippen LogP) is 3.94. The summed E-state index contributed by atoms with van der Waals surface area (Å²) in [6, 6.07) is 16.1. The molecule has 5 nitrogen and oxygen atoms in total. The molecule has 0 saturated carbocycles. The first-order chi connectivity index (χ1) is 12.3. The van der Waals surface area contributed by atoms with Gasteiger partial charge in [-0.15, -0.1) is 10.2 Å². The summed E-state index contributed by atoms with van der Waals surface area (Å²) >= 11 is 0. The summed E-state index contributed by atoms with van der Waals surface area (Å²) in [6.45, 7) is 4.00. The lowest BCUT2D eigenvalue weighted by Gasteiger charge is -2.03. The minimum atomic E-state index is -0.258. The average Bonchev–Trinajstić information content (AvgIpc) is 3.08. The lowest BCUT2D eigenvalue weighted by Crippen LogP contribution is -2.03. The molecule has 0 fully saturated rings. The second kappa shape index (κ2) is 7.61. The zero-order valence-corrected chi connectivity index (χ0v) is 14.1. The van der Waals surface area contributed by atoms with Crippen molar-refractivity contribution >= 4 is 5.78 Å². The standard InChI is InChI=1S/C17H12FN5.C2H6/c18-14-8-6-12(7-9-14)10-16-20-21-17-19-11-15(22-23(16)17)13-4-2-1-3-5-13;1-2/h1-9,11H,10H2;1-2H3. The fourth-order valence-electron chi connectivity index (χ4n) is 2.37. The van der Waals surface area contributed by atoms with Crippen LogP contribution in [-0.2, 0) is 6.42 Å². The maximum Gasteiger partial charge on any atom is 0.271 e. The quantitative estimate of drug-likeness (QED) is 0.569. The Morgan fingerprint density at radius 3 is 2.36 bits per heavy atom. The van der Waals surface area contributed by atoms with E-state index in [0.717, 1.165) is 16.8 Å². The number of hydrogen-bond donors (Lipinski definition) is 0. The number of halogens is 1. The highest BCUT2D eigenvalue weighted by Crippen LogP contribution is 2.16. The molecule has 4 rings (SSSR count). The largest absolute Gasteiger partial charge is 0.271 e. The molecule has 0 radical (unpaired) electrons. The van der Waals surface area contributed by atoms with Crippen molar-refractivity contribution in [3.63, 3.8) is 0 Å². The molecule has 0 spiro atoms. The number of fused-ring (bicyclic) bond motifs is 1. The Labute approximate surface area is 145 Å². The number of aromatic nitrogens is 5. The van der Waals surface area contributed by atoms with Crippen LogP contribution in [0.2, 0.25) is 0 Å². The van der Waals surface area contributed by atoms with E-state index in [1.807, 2.05) is 44.2 Å². The normalized spacial score (nSPS) is 10.4. The van der Waals surface area contributed by atoms with Crippen molar-refractivity contribution in [2.24, 2.45) is 0 Å². The number of rotatable bonds is 3. The van der Waals surface area contributed by atoms with E-state index in [9.17, 15) is 4.39 Å². The van der Waals surface area contributed by atoms with Gasteiger partial charge in [0.25, 0.3) is 5.78 Å². The SMILES string of the molecule is CC.Fc1ccc(Cc2nnc3ncc(-c4ccccc4)nn23)cc1. The highest BCUT2D eigenvalue weighted by molar-refractivity contribution is 5.57. The smallest absolute Gasteiger partial charge is 0.216 e. The summed E-state index contributed by atoms with van der Waals surface area (Å²) in [5.41, 5.74) is 2.66. The zero-order chi connectivity index (χ0) is 17.6. The highest BCUT2D eigenvalue weighted by atomic mass is 19.1. The lowest BCUT2D eigenvalue weighted by atomic mass is 10.1. The van der Waals surface area contributed by atoms with Gasteiger partial charge >= 0.3 is 0 Å². The van der Waals surface area contributed by atoms with Gasteiger partial charge < -0.3 is 0 Å². The topological polar surface area (TPSA) is 56.0 Å². The molecule has 0 aliphatic rings. The first-order valence-corrected chi connectivity index (χ1v) is 8.17. The molecule has 0 aliphatic heterocycles. The van der Waals surface area contributed by atoms with Gasteiger partial charge in [-0.3, -0.25) is 0 Å². The van der Waals surface area contributed by atoms with Crippen molar-refractivity contribution in [1.82, 2.24) is 24.8 Å². The van der Waals surface area contributed by atoms with Crippen LogP contribution in [0.4, 0.5) is 4.39 Å². The Hall–Kier alpha value is -3.15. The number of nitrogens with zero attached hydrogens (tertiary/aromatic N) is 5. The van der Waals surface area contributed by atoms with Crippen LogP contribution in [0.5, 0.6) is 0 Å². The van der Waals surface area contributed by atoms with Gasteiger partial charge in [0.05, 0.1) is 6.20 Å². The van der Waals surface area contributed by atoms with Crippen LogP contribution >= 0.6 is 0 Å². The summed E-state index contributed by atoms with van der Waals surface area (Å²) in [4.78, 5) is 4.30. The van der Waals surface area contributed by atoms with E-state index in [1.165, 1.54) is 12.1 Å². The summed E-state index contributed by atoms with van der Waals surface area (Å²) in [7, 11) is 0. The number of benzene rings is 2. The molecular weight excluding hydrogens is 317 g/mol. The van der Waals surface area contributed by atoms with E-state index in [-0.39, 0.29) is 5.82 Å². The molecule has 0 atom stereocenters. The molecule has 0 saturated heterocycles. The van der Waals surface area contributed by atoms with Gasteiger partial charge in [-0.2, -0.15) is 9.61 Å². The third-order valence-corrected chi connectivity index (χ3v) is 3.54. The third kappa shape index (κ3) is 3.68. The summed E-state index contributed by atoms with van der Waals surface area (Å²) in [5, 5.41) is 12.7. The van der Waals surface area contributed by atoms with E-state index >= 15 is 0 Å². The van der Waals surface area contributed by atoms with E-state index in [4.69, 9.17) is 0 Å². The van der Waals surface area contributed by atoms with Crippen LogP contribution in [0.25, 0.3) is 17.0 Å². The van der Waals surface area contributed by atoms with Crippen LogP contribution in [-0.4, -0.2) is 24.8 Å². The Morgan fingerprint density at radius 1 is 0.920 bits per heavy atom. The van der Waals surface area contributed by atoms with Crippen LogP contribution < -0.4 is 0 Å². The fraction of sp³-hybridized carbons (Fsp3) is 0.158. The molecule has 25 heavy (non-hydrogen) atoms. The molecule has 0 bridgehead atoms. The second-order valence-corrected chi connectivity index (χ2v) is 5.14. The zero-order valence-electron chi connectivity index (χ0n) is 14.1. The first-order valence-electron chi connectivity index (χ1n) is 8.17. The van der Waals surface area contributed by atoms with Crippen molar-refractivity contribution in [3.8, 4) is 11.3 Å². The molecular formula is C19H18FN5. The third-order valence-electron chi connectivity index (χ3n) is 3.54. The Kier molecular flexibility index (Phi) is 5.09. The summed E-state index contributed by atoms with van der Waals surface area (Å²) < 4.78 is 14.6. The Morgan fingerprint density at radius 2 is 1.64 bits per heavy atom. The van der Waals surface area contributed by atoms with Gasteiger partial charge in [0.2, 0.25) is 0 Å². The van der Waals surface area contributed by atoms with Gasteiger partial charge in [0.15, 0.2) is 5.82 Å². The van der Waals surface area contributed by atoms with E-state index < -0.39 is 0 Å². The Balaban J connectivity index is 0.000000880. The second-order valence-electron chi connectivity index (χ2n) is 5.14. The van der Waals surface area contributed by atoms with E-state index in [1.54, 1.807) is 22.8 Å². The molecule has 0 amide bonds. The molecule has 6 heteroatoms. The Bertz CT molecular complexity index is 949. The van der Waals surface area contributed by atoms with Gasteiger partial charge in [-0.05, 0) is 17.7 Å². The van der Waals surface area contributed by atoms with Crippen LogP contribution in [0, 0.1) is 5.82 Å². The highest BCUT2D eigenvalue weighted by Gasteiger charge is 2.10. The van der Waals surface area contributed by atoms with Gasteiger partial charge in [0, 0.05) is 12.0 Å². The minimum Gasteiger partial charge on any atom is -0.216 e. The van der Waals surface area contributed by atoms with Gasteiger partial charge in [-0.1, -0.05) is 56.3 Å². The van der Waals surface area contributed by atoms with E-state index in [0.29, 0.717) is 18.0 Å². The molecule has 0 unspecified atom stereocenters. The van der Waals surface area contributed by atoms with Crippen LogP contribution in [0.3, 0.4) is 0 Å². The molecule has 0 aliphatic carbocycles. The molecule has 126 valence electrons. The molecule has 4 aromatic rings. The van der Waals surface area contributed by atoms with Crippen molar-refractivity contribution in [2.75, 3.05) is 0 Å². The number of hydrogen-bond acceptors (Lipinski definition) is 4. The monoisotopic (exact) mass is 335 g/mol. The minimum absolute atomic E-state index is 0.258.